The van der Waals surface area contributed by atoms with Crippen molar-refractivity contribution < 1.29 is 23.1 Å². The molecule has 1 heterocycles. The Morgan fingerprint density at radius 1 is 1.02 bits per heavy atom. The summed E-state index contributed by atoms with van der Waals surface area (Å²) in [4.78, 5) is 31.5. The van der Waals surface area contributed by atoms with E-state index in [2.05, 4.69) is 10.3 Å². The zero-order valence-corrected chi connectivity index (χ0v) is 23.2. The first kappa shape index (κ1) is 28.0. The smallest absolute Gasteiger partial charge is 0.338 e. The Labute approximate surface area is 238 Å². The molecule has 210 valence electrons. The number of rotatable bonds is 9. The number of carbonyl (C=O) groups excluding carboxylic acids is 2. The van der Waals surface area contributed by atoms with Crippen LogP contribution in [0.4, 0.5) is 26.0 Å². The summed E-state index contributed by atoms with van der Waals surface area (Å²) in [7, 11) is 1.37. The van der Waals surface area contributed by atoms with Crippen LogP contribution < -0.4 is 10.2 Å². The monoisotopic (exact) mass is 555 g/mol. The molecule has 0 bridgehead atoms. The van der Waals surface area contributed by atoms with E-state index < -0.39 is 24.2 Å². The van der Waals surface area contributed by atoms with Gasteiger partial charge in [0, 0.05) is 24.8 Å². The van der Waals surface area contributed by atoms with Crippen molar-refractivity contribution in [2.45, 2.75) is 32.6 Å². The van der Waals surface area contributed by atoms with Crippen molar-refractivity contribution >= 4 is 29.1 Å². The number of benzene rings is 3. The van der Waals surface area contributed by atoms with Gasteiger partial charge in [0.2, 0.25) is 5.91 Å². The average Bonchev–Trinajstić information content (AvgIpc) is 3.63. The fraction of sp³-hybridized carbons (Fsp3) is 0.242. The standard InChI is InChI=1S/C33H31F2N3O3/c1-21-9-14-26(32(40)41-3)27(19-21)24-12-10-23(11-13-24)16-18-38(25-7-5-4-6-8-25)30-29(22(2)15-17-36-30)37-31(39)28-20-33(28,34)35/h4-15,17,19,28H,16,18,20H2,1-3H3,(H,37,39). The van der Waals surface area contributed by atoms with Crippen LogP contribution >= 0.6 is 0 Å². The number of alkyl halides is 2. The van der Waals surface area contributed by atoms with Crippen molar-refractivity contribution in [3.05, 3.63) is 107 Å². The van der Waals surface area contributed by atoms with Gasteiger partial charge in [0.15, 0.2) is 5.82 Å². The molecule has 0 spiro atoms. The van der Waals surface area contributed by atoms with Gasteiger partial charge in [0.25, 0.3) is 5.92 Å². The lowest BCUT2D eigenvalue weighted by Gasteiger charge is -2.27. The highest BCUT2D eigenvalue weighted by atomic mass is 19.3. The Morgan fingerprint density at radius 2 is 1.73 bits per heavy atom. The van der Waals surface area contributed by atoms with Crippen LogP contribution in [0.3, 0.4) is 0 Å². The Hall–Kier alpha value is -4.59. The maximum Gasteiger partial charge on any atom is 0.338 e. The summed E-state index contributed by atoms with van der Waals surface area (Å²) in [6.45, 7) is 4.31. The van der Waals surface area contributed by atoms with Crippen LogP contribution in [0.15, 0.2) is 85.1 Å². The SMILES string of the molecule is COC(=O)c1ccc(C)cc1-c1ccc(CCN(c2ccccc2)c2nccc(C)c2NC(=O)C2CC2(F)F)cc1. The molecule has 1 saturated carbocycles. The maximum atomic E-state index is 13.6. The third kappa shape index (κ3) is 6.11. The van der Waals surface area contributed by atoms with E-state index in [4.69, 9.17) is 4.74 Å². The number of nitrogens with one attached hydrogen (secondary N) is 1. The molecular formula is C33H31F2N3O3. The molecule has 41 heavy (non-hydrogen) atoms. The first-order valence-electron chi connectivity index (χ1n) is 13.4. The number of aromatic nitrogens is 1. The van der Waals surface area contributed by atoms with E-state index in [-0.39, 0.29) is 5.97 Å². The number of hydrogen-bond donors (Lipinski definition) is 1. The zero-order chi connectivity index (χ0) is 29.1. The van der Waals surface area contributed by atoms with Crippen LogP contribution in [0.2, 0.25) is 0 Å². The predicted octanol–water partition coefficient (Wildman–Crippen LogP) is 7.13. The first-order chi connectivity index (χ1) is 19.7. The van der Waals surface area contributed by atoms with Crippen molar-refractivity contribution in [1.82, 2.24) is 4.98 Å². The minimum atomic E-state index is -2.96. The lowest BCUT2D eigenvalue weighted by molar-refractivity contribution is -0.119. The minimum absolute atomic E-state index is 0.387. The summed E-state index contributed by atoms with van der Waals surface area (Å²) in [5.41, 5.74) is 6.32. The lowest BCUT2D eigenvalue weighted by atomic mass is 9.96. The normalized spacial score (nSPS) is 15.2. The van der Waals surface area contributed by atoms with Crippen molar-refractivity contribution in [2.24, 2.45) is 5.92 Å². The number of aryl methyl sites for hydroxylation is 2. The second-order valence-electron chi connectivity index (χ2n) is 10.3. The summed E-state index contributed by atoms with van der Waals surface area (Å²) in [6.07, 6.45) is 1.85. The zero-order valence-electron chi connectivity index (χ0n) is 23.2. The van der Waals surface area contributed by atoms with Gasteiger partial charge in [-0.25, -0.2) is 18.6 Å². The third-order valence-electron chi connectivity index (χ3n) is 7.32. The first-order valence-corrected chi connectivity index (χ1v) is 13.4. The minimum Gasteiger partial charge on any atom is -0.465 e. The summed E-state index contributed by atoms with van der Waals surface area (Å²) in [6, 6.07) is 25.0. The number of nitrogens with zero attached hydrogens (tertiary/aromatic N) is 2. The predicted molar refractivity (Wildman–Crippen MR) is 156 cm³/mol. The summed E-state index contributed by atoms with van der Waals surface area (Å²) >= 11 is 0. The van der Waals surface area contributed by atoms with Crippen LogP contribution in [0.1, 0.15) is 33.5 Å². The van der Waals surface area contributed by atoms with Gasteiger partial charge in [-0.2, -0.15) is 0 Å². The van der Waals surface area contributed by atoms with E-state index in [9.17, 15) is 18.4 Å². The third-order valence-corrected chi connectivity index (χ3v) is 7.32. The number of halogens is 2. The highest BCUT2D eigenvalue weighted by Gasteiger charge is 2.61. The molecule has 0 aliphatic heterocycles. The molecule has 1 fully saturated rings. The largest absolute Gasteiger partial charge is 0.465 e. The highest BCUT2D eigenvalue weighted by molar-refractivity contribution is 5.99. The van der Waals surface area contributed by atoms with Crippen LogP contribution in [-0.2, 0) is 16.0 Å². The van der Waals surface area contributed by atoms with Gasteiger partial charge >= 0.3 is 5.97 Å². The molecule has 1 atom stereocenters. The Bertz CT molecular complexity index is 1570. The van der Waals surface area contributed by atoms with Crippen LogP contribution in [-0.4, -0.2) is 36.4 Å². The number of pyridine rings is 1. The van der Waals surface area contributed by atoms with E-state index >= 15 is 0 Å². The molecule has 3 aromatic carbocycles. The van der Waals surface area contributed by atoms with Gasteiger partial charge in [-0.3, -0.25) is 4.79 Å². The molecule has 8 heteroatoms. The van der Waals surface area contributed by atoms with Crippen LogP contribution in [0.5, 0.6) is 0 Å². The molecule has 1 amide bonds. The number of hydrogen-bond acceptors (Lipinski definition) is 5. The fourth-order valence-electron chi connectivity index (χ4n) is 4.85. The van der Waals surface area contributed by atoms with Gasteiger partial charge in [-0.05, 0) is 66.8 Å². The topological polar surface area (TPSA) is 71.5 Å². The second-order valence-corrected chi connectivity index (χ2v) is 10.3. The quantitative estimate of drug-likeness (QED) is 0.223. The molecule has 4 aromatic rings. The number of ether oxygens (including phenoxy) is 1. The van der Waals surface area contributed by atoms with E-state index in [0.717, 1.165) is 33.5 Å². The highest BCUT2D eigenvalue weighted by Crippen LogP contribution is 2.49. The molecule has 1 unspecified atom stereocenters. The molecule has 1 N–H and O–H groups in total. The molecule has 6 nitrogen and oxygen atoms in total. The van der Waals surface area contributed by atoms with E-state index in [1.165, 1.54) is 7.11 Å². The van der Waals surface area contributed by atoms with Crippen LogP contribution in [0.25, 0.3) is 11.1 Å². The number of para-hydroxylation sites is 1. The van der Waals surface area contributed by atoms with Gasteiger partial charge < -0.3 is 15.0 Å². The second kappa shape index (κ2) is 11.5. The fourth-order valence-corrected chi connectivity index (χ4v) is 4.85. The average molecular weight is 556 g/mol. The van der Waals surface area contributed by atoms with Crippen molar-refractivity contribution in [2.75, 3.05) is 23.9 Å². The molecule has 0 saturated heterocycles. The number of esters is 1. The van der Waals surface area contributed by atoms with Gasteiger partial charge in [0.05, 0.1) is 18.4 Å². The number of anilines is 3. The van der Waals surface area contributed by atoms with Gasteiger partial charge in [-0.1, -0.05) is 60.2 Å². The van der Waals surface area contributed by atoms with Gasteiger partial charge in [-0.15, -0.1) is 0 Å². The lowest BCUT2D eigenvalue weighted by Crippen LogP contribution is -2.25. The van der Waals surface area contributed by atoms with Crippen molar-refractivity contribution in [3.8, 4) is 11.1 Å². The molecule has 1 aliphatic carbocycles. The molecule has 1 aliphatic rings. The summed E-state index contributed by atoms with van der Waals surface area (Å²) < 4.78 is 32.2. The summed E-state index contributed by atoms with van der Waals surface area (Å²) in [5, 5.41) is 2.73. The van der Waals surface area contributed by atoms with E-state index in [1.54, 1.807) is 18.3 Å². The van der Waals surface area contributed by atoms with Crippen molar-refractivity contribution in [1.29, 1.82) is 0 Å². The number of methoxy groups -OCH3 is 1. The van der Waals surface area contributed by atoms with E-state index in [1.807, 2.05) is 85.5 Å². The Kier molecular flexibility index (Phi) is 7.83. The number of amides is 1. The number of carbonyl (C=O) groups is 2. The molecular weight excluding hydrogens is 524 g/mol. The van der Waals surface area contributed by atoms with Gasteiger partial charge in [0.1, 0.15) is 5.92 Å². The van der Waals surface area contributed by atoms with Crippen LogP contribution in [0, 0.1) is 19.8 Å². The maximum absolute atomic E-state index is 13.6. The molecule has 1 aromatic heterocycles. The van der Waals surface area contributed by atoms with Crippen molar-refractivity contribution in [3.63, 3.8) is 0 Å². The Balaban J connectivity index is 1.41. The van der Waals surface area contributed by atoms with E-state index in [0.29, 0.717) is 30.0 Å². The summed E-state index contributed by atoms with van der Waals surface area (Å²) in [5.74, 6) is -4.86. The molecule has 5 rings (SSSR count). The Morgan fingerprint density at radius 3 is 2.39 bits per heavy atom. The molecule has 0 radical (unpaired) electrons.